The number of carbonyl (C=O) groups excluding carboxylic acids is 6. The maximum Gasteiger partial charge on any atom is 0.407 e. The number of nitrogens with one attached hydrogen (secondary N) is 4. The molecule has 0 bridgehead atoms. The molecule has 5 saturated carbocycles. The Labute approximate surface area is 420 Å². The number of alkyl halides is 1. The van der Waals surface area contributed by atoms with Crippen molar-refractivity contribution in [2.45, 2.75) is 127 Å². The lowest BCUT2D eigenvalue weighted by atomic mass is 9.46. The number of ether oxygens (including phenoxy) is 3. The van der Waals surface area contributed by atoms with Crippen LogP contribution in [0.5, 0.6) is 0 Å². The number of aliphatic carboxylic acids is 1. The summed E-state index contributed by atoms with van der Waals surface area (Å²) in [7, 11) is 0. The fraction of sp³-hybridized carbons (Fsp3) is 0.566. The summed E-state index contributed by atoms with van der Waals surface area (Å²) in [5, 5.41) is 41.9. The SMILES string of the molecule is C[C@]12C=CC(=O)C=C1CC[C@@H]1[C@@H]2[C@@H](O)C[C@@]2(C)[C@H]1C[C@H]1O[C@@H](c3ccc(CC4CC5(C4)CC(NC(=O)OCc4ccc(NC(=O)[C@H](CCC(=O)O)NC(=O)CNC(=O)CBr)cc4)C5)cc3)O[C@]12C(=O)CO. The van der Waals surface area contributed by atoms with Crippen molar-refractivity contribution in [3.05, 3.63) is 89.0 Å². The summed E-state index contributed by atoms with van der Waals surface area (Å²) in [5.41, 5.74) is 1.70. The van der Waals surface area contributed by atoms with Crippen molar-refractivity contribution in [2.75, 3.05) is 23.8 Å². The number of hydrogen-bond donors (Lipinski definition) is 7. The van der Waals surface area contributed by atoms with Crippen LogP contribution in [0.3, 0.4) is 0 Å². The number of carboxylic acid groups (broad SMARTS) is 1. The van der Waals surface area contributed by atoms with Gasteiger partial charge in [-0.25, -0.2) is 4.79 Å². The molecule has 71 heavy (non-hydrogen) atoms. The molecule has 4 amide bonds. The summed E-state index contributed by atoms with van der Waals surface area (Å²) in [5.74, 6) is -2.75. The molecule has 1 saturated heterocycles. The van der Waals surface area contributed by atoms with Crippen LogP contribution in [0.2, 0.25) is 0 Å². The number of carboxylic acids is 1. The highest BCUT2D eigenvalue weighted by molar-refractivity contribution is 9.09. The number of aliphatic hydroxyl groups is 2. The number of hydrogen-bond acceptors (Lipinski definition) is 12. The Morgan fingerprint density at radius 3 is 2.35 bits per heavy atom. The van der Waals surface area contributed by atoms with E-state index in [1.807, 2.05) is 25.1 Å². The lowest BCUT2D eigenvalue weighted by molar-refractivity contribution is -0.201. The molecule has 6 aliphatic carbocycles. The lowest BCUT2D eigenvalue weighted by Crippen LogP contribution is -2.63. The number of aliphatic hydroxyl groups excluding tert-OH is 2. The van der Waals surface area contributed by atoms with Crippen LogP contribution in [-0.4, -0.2) is 105 Å². The quantitative estimate of drug-likeness (QED) is 0.102. The zero-order valence-electron chi connectivity index (χ0n) is 40.0. The maximum absolute atomic E-state index is 14.0. The van der Waals surface area contributed by atoms with E-state index >= 15 is 0 Å². The van der Waals surface area contributed by atoms with Crippen LogP contribution in [0.15, 0.2) is 72.3 Å². The van der Waals surface area contributed by atoms with Crippen molar-refractivity contribution in [1.82, 2.24) is 16.0 Å². The van der Waals surface area contributed by atoms with Gasteiger partial charge in [0.25, 0.3) is 0 Å². The highest BCUT2D eigenvalue weighted by Gasteiger charge is 2.76. The number of fused-ring (bicyclic) bond motifs is 7. The van der Waals surface area contributed by atoms with E-state index in [9.17, 15) is 43.8 Å². The van der Waals surface area contributed by atoms with Crippen LogP contribution in [-0.2, 0) is 56.0 Å². The lowest BCUT2D eigenvalue weighted by Gasteiger charge is -2.59. The summed E-state index contributed by atoms with van der Waals surface area (Å²) in [6.45, 7) is 3.11. The molecule has 0 aromatic heterocycles. The summed E-state index contributed by atoms with van der Waals surface area (Å²) in [6, 6.07) is 13.6. The van der Waals surface area contributed by atoms with Gasteiger partial charge in [-0.2, -0.15) is 0 Å². The normalized spacial score (nSPS) is 34.4. The minimum Gasteiger partial charge on any atom is -0.481 e. The number of halogens is 1. The molecule has 380 valence electrons. The fourth-order valence-corrected chi connectivity index (χ4v) is 14.2. The van der Waals surface area contributed by atoms with E-state index in [0.717, 1.165) is 56.1 Å². The molecule has 10 atom stereocenters. The molecule has 0 unspecified atom stereocenters. The molecule has 6 fully saturated rings. The van der Waals surface area contributed by atoms with E-state index < -0.39 is 83.1 Å². The first-order valence-corrected chi connectivity index (χ1v) is 25.8. The molecule has 18 heteroatoms. The van der Waals surface area contributed by atoms with Gasteiger partial charge in [0, 0.05) is 40.5 Å². The highest BCUT2D eigenvalue weighted by atomic mass is 79.9. The van der Waals surface area contributed by atoms with Crippen LogP contribution >= 0.6 is 15.9 Å². The molecule has 17 nitrogen and oxygen atoms in total. The van der Waals surface area contributed by atoms with Crippen LogP contribution in [0.25, 0.3) is 0 Å². The molecular weight excluding hydrogens is 981 g/mol. The number of alkyl carbamates (subject to hydrolysis) is 1. The van der Waals surface area contributed by atoms with Crippen molar-refractivity contribution in [1.29, 1.82) is 0 Å². The standard InChI is InChI=1S/C53H63BrN4O13/c1-50-16-15-36(60)18-33(50)9-12-37-38-19-42-53(41(62)27-59,51(38,2)24-40(61)46(37)50)71-48(70-42)32-7-3-29(4-8-32)17-31-20-52(21-31)22-35(23-52)57-49(68)69-28-30-5-10-34(11-6-30)56-47(67)39(13-14-45(65)66)58-44(64)26-55-43(63)25-54/h3-8,10-11,15-16,18,31,35,37-40,42,46,48,59,61H,9,12-14,17,19-28H2,1-2H3,(H,55,63)(H,56,67)(H,57,68)(H,58,64)(H,65,66)/t31?,35?,37-,38-,39-,40-,42+,46+,48+,50-,51-,52?,53+/m0/s1. The zero-order valence-corrected chi connectivity index (χ0v) is 41.5. The molecule has 0 radical (unpaired) electrons. The van der Waals surface area contributed by atoms with E-state index in [1.54, 1.807) is 36.4 Å². The van der Waals surface area contributed by atoms with Crippen molar-refractivity contribution in [2.24, 2.45) is 39.9 Å². The number of allylic oxidation sites excluding steroid dienone is 4. The molecule has 1 aliphatic heterocycles. The van der Waals surface area contributed by atoms with Gasteiger partial charge >= 0.3 is 12.1 Å². The highest BCUT2D eigenvalue weighted by Crippen LogP contribution is 2.70. The average Bonchev–Trinajstić information content (AvgIpc) is 3.83. The summed E-state index contributed by atoms with van der Waals surface area (Å²) in [6.07, 6.45) is 9.42. The van der Waals surface area contributed by atoms with Gasteiger partial charge < -0.3 is 50.8 Å². The Hall–Kier alpha value is -5.27. The van der Waals surface area contributed by atoms with Crippen molar-refractivity contribution in [3.8, 4) is 0 Å². The van der Waals surface area contributed by atoms with Crippen LogP contribution in [0.1, 0.15) is 101 Å². The van der Waals surface area contributed by atoms with Gasteiger partial charge in [0.2, 0.25) is 17.7 Å². The van der Waals surface area contributed by atoms with Gasteiger partial charge in [-0.1, -0.05) is 77.8 Å². The molecule has 7 N–H and O–H groups in total. The Kier molecular flexibility index (Phi) is 14.3. The Balaban J connectivity index is 0.712. The van der Waals surface area contributed by atoms with Gasteiger partial charge in [0.05, 0.1) is 24.1 Å². The van der Waals surface area contributed by atoms with E-state index in [2.05, 4.69) is 56.3 Å². The van der Waals surface area contributed by atoms with E-state index in [-0.39, 0.29) is 66.3 Å². The van der Waals surface area contributed by atoms with Crippen LogP contribution in [0, 0.1) is 39.9 Å². The number of amides is 4. The monoisotopic (exact) mass is 1040 g/mol. The Bertz CT molecular complexity index is 2500. The van der Waals surface area contributed by atoms with Gasteiger partial charge in [0.15, 0.2) is 23.5 Å². The van der Waals surface area contributed by atoms with Crippen molar-refractivity contribution >= 4 is 63.0 Å². The average molecular weight is 1040 g/mol. The third-order valence-corrected chi connectivity index (χ3v) is 17.7. The van der Waals surface area contributed by atoms with E-state index in [1.165, 1.54) is 5.56 Å². The third-order valence-electron chi connectivity index (χ3n) is 17.2. The van der Waals surface area contributed by atoms with Gasteiger partial charge in [-0.05, 0) is 123 Å². The topological polar surface area (TPSA) is 256 Å². The number of benzene rings is 2. The third kappa shape index (κ3) is 9.74. The van der Waals surface area contributed by atoms with E-state index in [4.69, 9.17) is 19.3 Å². The van der Waals surface area contributed by atoms with Crippen molar-refractivity contribution < 1.29 is 63.1 Å². The Morgan fingerprint density at radius 1 is 0.944 bits per heavy atom. The van der Waals surface area contributed by atoms with E-state index in [0.29, 0.717) is 30.0 Å². The molecule has 9 rings (SSSR count). The Morgan fingerprint density at radius 2 is 1.66 bits per heavy atom. The molecule has 2 aromatic rings. The van der Waals surface area contributed by atoms with Gasteiger partial charge in [0.1, 0.15) is 19.3 Å². The number of rotatable bonds is 17. The van der Waals surface area contributed by atoms with Gasteiger partial charge in [-0.15, -0.1) is 0 Å². The maximum atomic E-state index is 14.0. The first-order chi connectivity index (χ1) is 33.9. The molecule has 2 aromatic carbocycles. The first-order valence-electron chi connectivity index (χ1n) is 24.7. The summed E-state index contributed by atoms with van der Waals surface area (Å²) < 4.78 is 18.9. The molecule has 1 heterocycles. The van der Waals surface area contributed by atoms with Crippen molar-refractivity contribution in [3.63, 3.8) is 0 Å². The predicted octanol–water partition coefficient (Wildman–Crippen LogP) is 5.12. The molecular formula is C53H63BrN4O13. The smallest absolute Gasteiger partial charge is 0.407 e. The number of anilines is 1. The molecule has 7 aliphatic rings. The summed E-state index contributed by atoms with van der Waals surface area (Å²) in [4.78, 5) is 86.8. The van der Waals surface area contributed by atoms with Crippen LogP contribution in [0.4, 0.5) is 10.5 Å². The second-order valence-corrected chi connectivity index (χ2v) is 22.1. The summed E-state index contributed by atoms with van der Waals surface area (Å²) >= 11 is 2.98. The number of carbonyl (C=O) groups is 7. The molecule has 1 spiro atoms. The number of Topliss-reactive ketones (excluding diaryl/α,β-unsaturated/α-hetero) is 1. The second-order valence-electron chi connectivity index (χ2n) is 21.5. The largest absolute Gasteiger partial charge is 0.481 e. The zero-order chi connectivity index (χ0) is 50.5. The minimum absolute atomic E-state index is 0.00180. The van der Waals surface area contributed by atoms with Gasteiger partial charge in [-0.3, -0.25) is 28.8 Å². The second kappa shape index (κ2) is 20.0. The minimum atomic E-state index is -1.40. The first kappa shape index (κ1) is 50.7. The predicted molar refractivity (Wildman–Crippen MR) is 259 cm³/mol. The fourth-order valence-electron chi connectivity index (χ4n) is 14.0. The van der Waals surface area contributed by atoms with Crippen LogP contribution < -0.4 is 21.3 Å². The number of ketones is 2.